The van der Waals surface area contributed by atoms with Crippen LogP contribution in [-0.2, 0) is 17.6 Å². The first-order valence-corrected chi connectivity index (χ1v) is 13.7. The number of carbonyl (C=O) groups excluding carboxylic acids is 2. The van der Waals surface area contributed by atoms with Gasteiger partial charge in [-0.25, -0.2) is 4.79 Å². The number of anilines is 2. The first-order chi connectivity index (χ1) is 17.5. The summed E-state index contributed by atoms with van der Waals surface area (Å²) in [7, 11) is 0. The highest BCUT2D eigenvalue weighted by Gasteiger charge is 2.35. The largest absolute Gasteiger partial charge is 0.465 e. The van der Waals surface area contributed by atoms with Crippen molar-refractivity contribution in [1.29, 1.82) is 0 Å². The molecule has 36 heavy (non-hydrogen) atoms. The smallest absolute Gasteiger partial charge is 0.407 e. The maximum absolute atomic E-state index is 13.3. The van der Waals surface area contributed by atoms with Gasteiger partial charge in [0.05, 0.1) is 5.56 Å². The van der Waals surface area contributed by atoms with Crippen LogP contribution >= 0.6 is 11.3 Å². The van der Waals surface area contributed by atoms with Crippen LogP contribution in [0.2, 0.25) is 0 Å². The van der Waals surface area contributed by atoms with Crippen LogP contribution in [-0.4, -0.2) is 68.4 Å². The third-order valence-electron chi connectivity index (χ3n) is 7.65. The normalized spacial score (nSPS) is 23.3. The minimum absolute atomic E-state index is 0.0126. The molecule has 2 saturated carbocycles. The highest BCUT2D eigenvalue weighted by atomic mass is 32.1. The summed E-state index contributed by atoms with van der Waals surface area (Å²) in [5.74, 6) is 1.17. The zero-order valence-corrected chi connectivity index (χ0v) is 20.9. The van der Waals surface area contributed by atoms with Crippen molar-refractivity contribution in [2.24, 2.45) is 11.8 Å². The maximum atomic E-state index is 13.3. The number of thiophene rings is 1. The molecule has 1 saturated heterocycles. The monoisotopic (exact) mass is 513 g/mol. The minimum atomic E-state index is -0.907. The molecule has 2 aromatic heterocycles. The molecule has 3 heterocycles. The number of fused-ring (bicyclic) bond motifs is 1. The molecule has 0 bridgehead atoms. The Balaban J connectivity index is 1.22. The van der Waals surface area contributed by atoms with E-state index in [-0.39, 0.29) is 29.8 Å². The molecular formula is C24H31N7O4S. The van der Waals surface area contributed by atoms with Crippen molar-refractivity contribution >= 4 is 40.2 Å². The van der Waals surface area contributed by atoms with Crippen LogP contribution < -0.4 is 16.0 Å². The Morgan fingerprint density at radius 1 is 1.14 bits per heavy atom. The average Bonchev–Trinajstić information content (AvgIpc) is 3.76. The van der Waals surface area contributed by atoms with Crippen LogP contribution in [0.25, 0.3) is 0 Å². The number of aryl methyl sites for hydroxylation is 1. The third-order valence-corrected chi connectivity index (χ3v) is 8.86. The quantitative estimate of drug-likeness (QED) is 0.425. The Labute approximate surface area is 212 Å². The van der Waals surface area contributed by atoms with Gasteiger partial charge >= 0.3 is 6.09 Å². The molecule has 0 spiro atoms. The van der Waals surface area contributed by atoms with Gasteiger partial charge in [-0.3, -0.25) is 14.2 Å². The van der Waals surface area contributed by atoms with Crippen molar-refractivity contribution in [3.63, 3.8) is 0 Å². The van der Waals surface area contributed by atoms with Crippen LogP contribution in [0.1, 0.15) is 65.4 Å². The zero-order valence-electron chi connectivity index (χ0n) is 20.0. The fourth-order valence-corrected chi connectivity index (χ4v) is 6.43. The van der Waals surface area contributed by atoms with Crippen molar-refractivity contribution in [1.82, 2.24) is 25.0 Å². The van der Waals surface area contributed by atoms with Crippen molar-refractivity contribution in [2.75, 3.05) is 30.3 Å². The van der Waals surface area contributed by atoms with Gasteiger partial charge in [0, 0.05) is 42.5 Å². The molecule has 11 nitrogen and oxygen atoms in total. The first kappa shape index (κ1) is 23.3. The third kappa shape index (κ3) is 4.78. The molecule has 4 aliphatic rings. The molecule has 192 valence electrons. The predicted molar refractivity (Wildman–Crippen MR) is 133 cm³/mol. The van der Waals surface area contributed by atoms with E-state index in [1.165, 1.54) is 16.2 Å². The average molecular weight is 514 g/mol. The van der Waals surface area contributed by atoms with Gasteiger partial charge in [-0.05, 0) is 62.8 Å². The lowest BCUT2D eigenvalue weighted by Crippen LogP contribution is -2.31. The number of hydrogen-bond donors (Lipinski definition) is 4. The van der Waals surface area contributed by atoms with Gasteiger partial charge in [0.2, 0.25) is 11.9 Å². The SMILES string of the molecule is O=C(NCC1CC1)c1c(NC(=O)C2CC2)sc2c1C[C@@H](n1cnnc1N[C@H]1CCN(C(=O)O)C1)CC2. The van der Waals surface area contributed by atoms with Crippen LogP contribution in [0.3, 0.4) is 0 Å². The van der Waals surface area contributed by atoms with E-state index in [0.717, 1.165) is 49.0 Å². The number of aromatic nitrogens is 3. The molecular weight excluding hydrogens is 482 g/mol. The van der Waals surface area contributed by atoms with Crippen molar-refractivity contribution in [3.8, 4) is 0 Å². The molecule has 1 aliphatic heterocycles. The number of carbonyl (C=O) groups is 3. The number of amides is 3. The Bertz CT molecular complexity index is 1190. The van der Waals surface area contributed by atoms with E-state index in [2.05, 4.69) is 26.1 Å². The summed E-state index contributed by atoms with van der Waals surface area (Å²) in [4.78, 5) is 39.7. The number of hydrogen-bond acceptors (Lipinski definition) is 7. The second-order valence-corrected chi connectivity index (χ2v) is 11.5. The molecule has 3 aliphatic carbocycles. The van der Waals surface area contributed by atoms with E-state index in [1.54, 1.807) is 6.33 Å². The van der Waals surface area contributed by atoms with Crippen molar-refractivity contribution in [3.05, 3.63) is 22.3 Å². The Morgan fingerprint density at radius 3 is 2.69 bits per heavy atom. The molecule has 2 aromatic rings. The van der Waals surface area contributed by atoms with E-state index >= 15 is 0 Å². The lowest BCUT2D eigenvalue weighted by Gasteiger charge is -2.26. The molecule has 3 amide bonds. The molecule has 4 N–H and O–H groups in total. The number of likely N-dealkylation sites (tertiary alicyclic amines) is 1. The van der Waals surface area contributed by atoms with Gasteiger partial charge in [-0.1, -0.05) is 0 Å². The van der Waals surface area contributed by atoms with Crippen LogP contribution in [0.15, 0.2) is 6.33 Å². The molecule has 3 fully saturated rings. The van der Waals surface area contributed by atoms with Crippen molar-refractivity contribution in [2.45, 2.75) is 63.5 Å². The van der Waals surface area contributed by atoms with Gasteiger partial charge in [-0.15, -0.1) is 21.5 Å². The van der Waals surface area contributed by atoms with E-state index in [0.29, 0.717) is 54.9 Å². The van der Waals surface area contributed by atoms with Gasteiger partial charge in [0.25, 0.3) is 5.91 Å². The summed E-state index contributed by atoms with van der Waals surface area (Å²) < 4.78 is 2.01. The Kier molecular flexibility index (Phi) is 6.06. The van der Waals surface area contributed by atoms with Gasteiger partial charge in [-0.2, -0.15) is 0 Å². The maximum Gasteiger partial charge on any atom is 0.407 e. The Morgan fingerprint density at radius 2 is 1.97 bits per heavy atom. The van der Waals surface area contributed by atoms with Gasteiger partial charge in [0.15, 0.2) is 0 Å². The highest BCUT2D eigenvalue weighted by molar-refractivity contribution is 7.17. The highest BCUT2D eigenvalue weighted by Crippen LogP contribution is 2.42. The fraction of sp³-hybridized carbons (Fsp3) is 0.625. The Hall–Kier alpha value is -3.15. The van der Waals surface area contributed by atoms with E-state index in [1.807, 2.05) is 4.57 Å². The summed E-state index contributed by atoms with van der Waals surface area (Å²) in [6.07, 6.45) is 7.98. The standard InChI is InChI=1S/C24H31N7O4S/c32-20(14-3-4-14)28-22-19(21(33)25-10-13-1-2-13)17-9-16(5-6-18(17)36-22)31-12-26-29-23(31)27-15-7-8-30(11-15)24(34)35/h12-16H,1-11H2,(H,25,33)(H,27,29)(H,28,32)(H,34,35)/t15-,16-/m0/s1. The summed E-state index contributed by atoms with van der Waals surface area (Å²) in [6, 6.07) is 0.0425. The predicted octanol–water partition coefficient (Wildman–Crippen LogP) is 2.72. The fourth-order valence-electron chi connectivity index (χ4n) is 5.19. The summed E-state index contributed by atoms with van der Waals surface area (Å²) >= 11 is 1.54. The molecule has 12 heteroatoms. The second-order valence-electron chi connectivity index (χ2n) is 10.4. The first-order valence-electron chi connectivity index (χ1n) is 12.8. The number of nitrogens with zero attached hydrogens (tertiary/aromatic N) is 4. The van der Waals surface area contributed by atoms with Crippen LogP contribution in [0.4, 0.5) is 15.7 Å². The lowest BCUT2D eigenvalue weighted by atomic mass is 9.91. The van der Waals surface area contributed by atoms with E-state index in [4.69, 9.17) is 0 Å². The topological polar surface area (TPSA) is 141 Å². The number of carboxylic acid groups (broad SMARTS) is 1. The number of rotatable bonds is 8. The van der Waals surface area contributed by atoms with E-state index < -0.39 is 6.09 Å². The molecule has 6 rings (SSSR count). The molecule has 0 unspecified atom stereocenters. The zero-order chi connectivity index (χ0) is 24.8. The summed E-state index contributed by atoms with van der Waals surface area (Å²) in [5.41, 5.74) is 1.62. The van der Waals surface area contributed by atoms with Crippen LogP contribution in [0, 0.1) is 11.8 Å². The second kappa shape index (κ2) is 9.38. The molecule has 0 aromatic carbocycles. The van der Waals surface area contributed by atoms with Gasteiger partial charge in [0.1, 0.15) is 11.3 Å². The van der Waals surface area contributed by atoms with Crippen LogP contribution in [0.5, 0.6) is 0 Å². The lowest BCUT2D eigenvalue weighted by molar-refractivity contribution is -0.117. The van der Waals surface area contributed by atoms with Crippen molar-refractivity contribution < 1.29 is 19.5 Å². The minimum Gasteiger partial charge on any atom is -0.465 e. The summed E-state index contributed by atoms with van der Waals surface area (Å²) in [5, 5.41) is 27.8. The molecule has 2 atom stereocenters. The van der Waals surface area contributed by atoms with E-state index in [9.17, 15) is 19.5 Å². The number of nitrogens with one attached hydrogen (secondary N) is 3. The molecule has 0 radical (unpaired) electrons. The van der Waals surface area contributed by atoms with Gasteiger partial charge < -0.3 is 26.0 Å². The summed E-state index contributed by atoms with van der Waals surface area (Å²) in [6.45, 7) is 1.59.